The van der Waals surface area contributed by atoms with E-state index in [1.807, 2.05) is 0 Å². The van der Waals surface area contributed by atoms with Gasteiger partial charge in [0.2, 0.25) is 0 Å². The fraction of sp³-hybridized carbons (Fsp3) is 0.455. The highest BCUT2D eigenvalue weighted by Gasteiger charge is 2.27. The lowest BCUT2D eigenvalue weighted by Crippen LogP contribution is -2.15. The molecular formula is C11H13Cl2F2N. The lowest BCUT2D eigenvalue weighted by Gasteiger charge is -2.13. The first-order valence-electron chi connectivity index (χ1n) is 4.98. The Labute approximate surface area is 104 Å². The molecule has 0 aromatic heterocycles. The van der Waals surface area contributed by atoms with E-state index in [-0.39, 0.29) is 23.0 Å². The molecule has 0 spiro atoms. The predicted octanol–water partition coefficient (Wildman–Crippen LogP) is 3.84. The Morgan fingerprint density at radius 3 is 2.25 bits per heavy atom. The van der Waals surface area contributed by atoms with E-state index in [9.17, 15) is 8.78 Å². The lowest BCUT2D eigenvalue weighted by atomic mass is 10.0. The summed E-state index contributed by atoms with van der Waals surface area (Å²) in [7, 11) is 0. The van der Waals surface area contributed by atoms with Crippen molar-refractivity contribution in [3.05, 3.63) is 34.4 Å². The number of rotatable bonds is 3. The topological polar surface area (TPSA) is 26.0 Å². The van der Waals surface area contributed by atoms with Crippen LogP contribution in [0.4, 0.5) is 8.78 Å². The largest absolute Gasteiger partial charge is 0.324 e. The van der Waals surface area contributed by atoms with Gasteiger partial charge in [-0.2, -0.15) is 0 Å². The number of benzene rings is 1. The van der Waals surface area contributed by atoms with Gasteiger partial charge in [0.1, 0.15) is 11.6 Å². The van der Waals surface area contributed by atoms with E-state index in [4.69, 9.17) is 17.3 Å². The molecule has 0 saturated heterocycles. The first-order valence-corrected chi connectivity index (χ1v) is 5.35. The van der Waals surface area contributed by atoms with Gasteiger partial charge in [-0.15, -0.1) is 12.4 Å². The van der Waals surface area contributed by atoms with Crippen molar-refractivity contribution < 1.29 is 8.78 Å². The standard InChI is InChI=1S/C11H12ClF2N.ClH/c12-7-4-8(13)11(9(14)5-7)10(15)3-6-1-2-6;/h4-6,10H,1-3,15H2;1H/t10-;/m1./s1. The highest BCUT2D eigenvalue weighted by molar-refractivity contribution is 6.30. The van der Waals surface area contributed by atoms with E-state index in [2.05, 4.69) is 0 Å². The third kappa shape index (κ3) is 3.06. The average Bonchev–Trinajstić information content (AvgIpc) is 2.85. The molecule has 0 amide bonds. The molecule has 1 aliphatic carbocycles. The Morgan fingerprint density at radius 2 is 1.81 bits per heavy atom. The maximum atomic E-state index is 13.4. The molecular weight excluding hydrogens is 255 g/mol. The molecule has 0 heterocycles. The highest BCUT2D eigenvalue weighted by atomic mass is 35.5. The second-order valence-corrected chi connectivity index (χ2v) is 4.51. The Morgan fingerprint density at radius 1 is 1.31 bits per heavy atom. The van der Waals surface area contributed by atoms with E-state index < -0.39 is 17.7 Å². The van der Waals surface area contributed by atoms with Gasteiger partial charge in [-0.05, 0) is 24.5 Å². The fourth-order valence-electron chi connectivity index (χ4n) is 1.74. The summed E-state index contributed by atoms with van der Waals surface area (Å²) in [4.78, 5) is 0. The second kappa shape index (κ2) is 5.30. The van der Waals surface area contributed by atoms with E-state index in [0.29, 0.717) is 12.3 Å². The minimum Gasteiger partial charge on any atom is -0.324 e. The second-order valence-electron chi connectivity index (χ2n) is 4.07. The molecule has 0 unspecified atom stereocenters. The molecule has 1 atom stereocenters. The number of hydrogen-bond acceptors (Lipinski definition) is 1. The molecule has 1 saturated carbocycles. The summed E-state index contributed by atoms with van der Waals surface area (Å²) in [6.07, 6.45) is 2.88. The number of halogens is 4. The predicted molar refractivity (Wildman–Crippen MR) is 62.9 cm³/mol. The van der Waals surface area contributed by atoms with E-state index in [1.165, 1.54) is 0 Å². The van der Waals surface area contributed by atoms with Crippen molar-refractivity contribution in [1.29, 1.82) is 0 Å². The van der Waals surface area contributed by atoms with Gasteiger partial charge in [-0.1, -0.05) is 24.4 Å². The summed E-state index contributed by atoms with van der Waals surface area (Å²) < 4.78 is 26.9. The summed E-state index contributed by atoms with van der Waals surface area (Å²) in [5, 5.41) is 0.0624. The smallest absolute Gasteiger partial charge is 0.132 e. The summed E-state index contributed by atoms with van der Waals surface area (Å²) in [6, 6.07) is 1.65. The fourth-order valence-corrected chi connectivity index (χ4v) is 1.93. The van der Waals surface area contributed by atoms with Crippen LogP contribution in [0.3, 0.4) is 0 Å². The van der Waals surface area contributed by atoms with Gasteiger partial charge in [0.25, 0.3) is 0 Å². The Balaban J connectivity index is 0.00000128. The Bertz CT molecular complexity index is 357. The number of nitrogens with two attached hydrogens (primary N) is 1. The van der Waals surface area contributed by atoms with Crippen molar-refractivity contribution in [1.82, 2.24) is 0 Å². The molecule has 0 radical (unpaired) electrons. The van der Waals surface area contributed by atoms with Crippen LogP contribution in [0.25, 0.3) is 0 Å². The summed E-state index contributed by atoms with van der Waals surface area (Å²) in [5.41, 5.74) is 5.73. The van der Waals surface area contributed by atoms with E-state index in [1.54, 1.807) is 0 Å². The van der Waals surface area contributed by atoms with Gasteiger partial charge in [0.05, 0.1) is 0 Å². The summed E-state index contributed by atoms with van der Waals surface area (Å²) >= 11 is 5.52. The molecule has 2 rings (SSSR count). The molecule has 2 N–H and O–H groups in total. The van der Waals surface area contributed by atoms with Crippen molar-refractivity contribution in [2.24, 2.45) is 11.7 Å². The molecule has 5 heteroatoms. The Hall–Kier alpha value is -0.380. The van der Waals surface area contributed by atoms with E-state index in [0.717, 1.165) is 25.0 Å². The maximum absolute atomic E-state index is 13.4. The molecule has 1 nitrogen and oxygen atoms in total. The molecule has 1 aromatic carbocycles. The highest BCUT2D eigenvalue weighted by Crippen LogP contribution is 2.38. The SMILES string of the molecule is Cl.N[C@H](CC1CC1)c1c(F)cc(Cl)cc1F. The van der Waals surface area contributed by atoms with Crippen LogP contribution in [0.15, 0.2) is 12.1 Å². The third-order valence-electron chi connectivity index (χ3n) is 2.70. The molecule has 0 aliphatic heterocycles. The van der Waals surface area contributed by atoms with Crippen molar-refractivity contribution in [2.45, 2.75) is 25.3 Å². The summed E-state index contributed by atoms with van der Waals surface area (Å²) in [6.45, 7) is 0. The van der Waals surface area contributed by atoms with E-state index >= 15 is 0 Å². The zero-order chi connectivity index (χ0) is 11.0. The quantitative estimate of drug-likeness (QED) is 0.885. The van der Waals surface area contributed by atoms with Crippen molar-refractivity contribution in [3.63, 3.8) is 0 Å². The molecule has 90 valence electrons. The first kappa shape index (κ1) is 13.7. The van der Waals surface area contributed by atoms with Crippen LogP contribution in [0.2, 0.25) is 5.02 Å². The van der Waals surface area contributed by atoms with Crippen LogP contribution in [-0.4, -0.2) is 0 Å². The normalized spacial score (nSPS) is 16.8. The molecule has 16 heavy (non-hydrogen) atoms. The van der Waals surface area contributed by atoms with Crippen LogP contribution < -0.4 is 5.73 Å². The van der Waals surface area contributed by atoms with Gasteiger partial charge >= 0.3 is 0 Å². The van der Waals surface area contributed by atoms with Crippen LogP contribution in [-0.2, 0) is 0 Å². The monoisotopic (exact) mass is 267 g/mol. The molecule has 1 fully saturated rings. The minimum absolute atomic E-state index is 0. The van der Waals surface area contributed by atoms with Crippen LogP contribution in [0.1, 0.15) is 30.9 Å². The zero-order valence-electron chi connectivity index (χ0n) is 8.55. The molecule has 1 aromatic rings. The van der Waals surface area contributed by atoms with Gasteiger partial charge in [0, 0.05) is 16.6 Å². The lowest BCUT2D eigenvalue weighted by molar-refractivity contribution is 0.498. The Kier molecular flexibility index (Phi) is 4.53. The average molecular weight is 268 g/mol. The minimum atomic E-state index is -0.645. The maximum Gasteiger partial charge on any atom is 0.132 e. The first-order chi connectivity index (χ1) is 7.08. The van der Waals surface area contributed by atoms with Crippen LogP contribution in [0, 0.1) is 17.6 Å². The third-order valence-corrected chi connectivity index (χ3v) is 2.92. The van der Waals surface area contributed by atoms with Crippen molar-refractivity contribution >= 4 is 24.0 Å². The molecule has 0 bridgehead atoms. The summed E-state index contributed by atoms with van der Waals surface area (Å²) in [5.74, 6) is -0.754. The van der Waals surface area contributed by atoms with Gasteiger partial charge in [-0.25, -0.2) is 8.78 Å². The van der Waals surface area contributed by atoms with Crippen LogP contribution in [0.5, 0.6) is 0 Å². The van der Waals surface area contributed by atoms with Gasteiger partial charge < -0.3 is 5.73 Å². The van der Waals surface area contributed by atoms with Gasteiger partial charge in [0.15, 0.2) is 0 Å². The van der Waals surface area contributed by atoms with Crippen LogP contribution >= 0.6 is 24.0 Å². The molecule has 1 aliphatic rings. The van der Waals surface area contributed by atoms with Crippen molar-refractivity contribution in [3.8, 4) is 0 Å². The van der Waals surface area contributed by atoms with Gasteiger partial charge in [-0.3, -0.25) is 0 Å². The number of hydrogen-bond donors (Lipinski definition) is 1. The van der Waals surface area contributed by atoms with Crippen molar-refractivity contribution in [2.75, 3.05) is 0 Å². The zero-order valence-corrected chi connectivity index (χ0v) is 10.1.